The molecule has 3 rings (SSSR count). The number of likely N-dealkylation sites (tertiary alicyclic amines) is 2. The molecule has 6 heteroatoms. The summed E-state index contributed by atoms with van der Waals surface area (Å²) < 4.78 is 0. The average Bonchev–Trinajstić information content (AvgIpc) is 2.70. The van der Waals surface area contributed by atoms with Gasteiger partial charge in [-0.1, -0.05) is 6.92 Å². The molecule has 2 fully saturated rings. The number of pyridine rings is 1. The van der Waals surface area contributed by atoms with E-state index in [1.165, 1.54) is 5.56 Å². The fourth-order valence-electron chi connectivity index (χ4n) is 4.15. The first-order valence-corrected chi connectivity index (χ1v) is 11.3. The minimum absolute atomic E-state index is 0.208. The normalized spacial score (nSPS) is 19.5. The van der Waals surface area contributed by atoms with Crippen molar-refractivity contribution >= 4 is 23.6 Å². The molecule has 0 atom stereocenters. The van der Waals surface area contributed by atoms with Crippen LogP contribution in [0.4, 0.5) is 0 Å². The van der Waals surface area contributed by atoms with Crippen molar-refractivity contribution < 1.29 is 9.59 Å². The quantitative estimate of drug-likeness (QED) is 0.673. The van der Waals surface area contributed by atoms with Crippen LogP contribution in [0, 0.1) is 5.41 Å². The molecular weight excluding hydrogens is 358 g/mol. The number of nitrogens with zero attached hydrogens (tertiary/aromatic N) is 3. The van der Waals surface area contributed by atoms with Gasteiger partial charge in [0.2, 0.25) is 11.8 Å². The van der Waals surface area contributed by atoms with E-state index in [0.717, 1.165) is 64.0 Å². The summed E-state index contributed by atoms with van der Waals surface area (Å²) in [6.45, 7) is 5.47. The van der Waals surface area contributed by atoms with E-state index < -0.39 is 0 Å². The Morgan fingerprint density at radius 1 is 1.22 bits per heavy atom. The summed E-state index contributed by atoms with van der Waals surface area (Å²) in [6, 6.07) is 4.04. The Labute approximate surface area is 166 Å². The van der Waals surface area contributed by atoms with E-state index in [4.69, 9.17) is 0 Å². The first-order valence-electron chi connectivity index (χ1n) is 10.1. The fraction of sp³-hybridized carbons (Fsp3) is 0.667. The number of thioether (sulfide) groups is 1. The lowest BCUT2D eigenvalue weighted by molar-refractivity contribution is -0.141. The van der Waals surface area contributed by atoms with Crippen LogP contribution in [0.15, 0.2) is 24.5 Å². The van der Waals surface area contributed by atoms with Crippen molar-refractivity contribution in [1.29, 1.82) is 0 Å². The van der Waals surface area contributed by atoms with Crippen LogP contribution in [0.25, 0.3) is 0 Å². The SMILES string of the molecule is CCCSCC(=O)N1CCC2(CCC(=O)N(CCc3ccncc3)C2)CC1. The lowest BCUT2D eigenvalue weighted by Crippen LogP contribution is -2.52. The molecule has 0 saturated carbocycles. The van der Waals surface area contributed by atoms with Crippen molar-refractivity contribution in [2.75, 3.05) is 37.7 Å². The number of piperidine rings is 2. The smallest absolute Gasteiger partial charge is 0.232 e. The second-order valence-electron chi connectivity index (χ2n) is 7.85. The zero-order valence-electron chi connectivity index (χ0n) is 16.4. The molecule has 0 unspecified atom stereocenters. The number of aromatic nitrogens is 1. The van der Waals surface area contributed by atoms with Crippen molar-refractivity contribution in [3.05, 3.63) is 30.1 Å². The van der Waals surface area contributed by atoms with Gasteiger partial charge in [-0.05, 0) is 61.0 Å². The molecule has 2 aliphatic heterocycles. The van der Waals surface area contributed by atoms with Crippen LogP contribution < -0.4 is 0 Å². The van der Waals surface area contributed by atoms with Crippen molar-refractivity contribution in [2.24, 2.45) is 5.41 Å². The molecule has 0 aliphatic carbocycles. The summed E-state index contributed by atoms with van der Waals surface area (Å²) >= 11 is 1.74. The molecule has 148 valence electrons. The van der Waals surface area contributed by atoms with Gasteiger partial charge >= 0.3 is 0 Å². The minimum atomic E-state index is 0.208. The number of carbonyl (C=O) groups excluding carboxylic acids is 2. The number of rotatable bonds is 7. The van der Waals surface area contributed by atoms with Crippen molar-refractivity contribution in [3.63, 3.8) is 0 Å². The molecule has 0 bridgehead atoms. The van der Waals surface area contributed by atoms with E-state index in [0.29, 0.717) is 12.2 Å². The van der Waals surface area contributed by atoms with Crippen molar-refractivity contribution in [1.82, 2.24) is 14.8 Å². The van der Waals surface area contributed by atoms with E-state index >= 15 is 0 Å². The summed E-state index contributed by atoms with van der Waals surface area (Å²) in [5.41, 5.74) is 1.43. The first kappa shape index (κ1) is 20.2. The van der Waals surface area contributed by atoms with Crippen LogP contribution in [-0.4, -0.2) is 64.3 Å². The van der Waals surface area contributed by atoms with E-state index in [1.54, 1.807) is 24.2 Å². The zero-order chi connectivity index (χ0) is 19.1. The van der Waals surface area contributed by atoms with Gasteiger partial charge in [0.1, 0.15) is 0 Å². The highest BCUT2D eigenvalue weighted by Gasteiger charge is 2.41. The Bertz CT molecular complexity index is 630. The van der Waals surface area contributed by atoms with Crippen LogP contribution in [-0.2, 0) is 16.0 Å². The van der Waals surface area contributed by atoms with E-state index in [9.17, 15) is 9.59 Å². The van der Waals surface area contributed by atoms with Crippen LogP contribution in [0.2, 0.25) is 0 Å². The number of carbonyl (C=O) groups is 2. The zero-order valence-corrected chi connectivity index (χ0v) is 17.2. The Balaban J connectivity index is 1.50. The Kier molecular flexibility index (Phi) is 7.16. The summed E-state index contributed by atoms with van der Waals surface area (Å²) in [4.78, 5) is 32.9. The molecular formula is C21H31N3O2S. The number of hydrogen-bond donors (Lipinski definition) is 0. The molecule has 1 aromatic rings. The third-order valence-corrected chi connectivity index (χ3v) is 7.07. The molecule has 27 heavy (non-hydrogen) atoms. The van der Waals surface area contributed by atoms with Gasteiger partial charge in [0.15, 0.2) is 0 Å². The summed E-state index contributed by atoms with van der Waals surface area (Å²) in [6.07, 6.45) is 9.28. The molecule has 0 radical (unpaired) electrons. The topological polar surface area (TPSA) is 53.5 Å². The lowest BCUT2D eigenvalue weighted by Gasteiger charge is -2.47. The summed E-state index contributed by atoms with van der Waals surface area (Å²) in [7, 11) is 0. The van der Waals surface area contributed by atoms with Gasteiger partial charge in [0.05, 0.1) is 5.75 Å². The maximum Gasteiger partial charge on any atom is 0.232 e. The van der Waals surface area contributed by atoms with Crippen LogP contribution in [0.3, 0.4) is 0 Å². The Morgan fingerprint density at radius 2 is 1.96 bits per heavy atom. The van der Waals surface area contributed by atoms with Crippen molar-refractivity contribution in [3.8, 4) is 0 Å². The molecule has 0 aromatic carbocycles. The highest BCUT2D eigenvalue weighted by Crippen LogP contribution is 2.40. The van der Waals surface area contributed by atoms with Gasteiger partial charge in [-0.25, -0.2) is 0 Å². The largest absolute Gasteiger partial charge is 0.342 e. The lowest BCUT2D eigenvalue weighted by atomic mass is 9.72. The Morgan fingerprint density at radius 3 is 2.67 bits per heavy atom. The fourth-order valence-corrected chi connectivity index (χ4v) is 4.94. The minimum Gasteiger partial charge on any atom is -0.342 e. The third-order valence-electron chi connectivity index (χ3n) is 5.92. The maximum absolute atomic E-state index is 12.4. The van der Waals surface area contributed by atoms with Gasteiger partial charge in [-0.3, -0.25) is 14.6 Å². The summed E-state index contributed by atoms with van der Waals surface area (Å²) in [5.74, 6) is 2.23. The van der Waals surface area contributed by atoms with Gasteiger partial charge in [0, 0.05) is 45.0 Å². The number of hydrogen-bond acceptors (Lipinski definition) is 4. The predicted octanol–water partition coefficient (Wildman–Crippen LogP) is 3.00. The highest BCUT2D eigenvalue weighted by molar-refractivity contribution is 7.99. The van der Waals surface area contributed by atoms with Crippen LogP contribution >= 0.6 is 11.8 Å². The second kappa shape index (κ2) is 9.58. The molecule has 1 aromatic heterocycles. The van der Waals surface area contributed by atoms with Crippen LogP contribution in [0.1, 0.15) is 44.6 Å². The van der Waals surface area contributed by atoms with Gasteiger partial charge in [0.25, 0.3) is 0 Å². The van der Waals surface area contributed by atoms with E-state index in [2.05, 4.69) is 16.8 Å². The van der Waals surface area contributed by atoms with Gasteiger partial charge < -0.3 is 9.80 Å². The molecule has 2 amide bonds. The molecule has 0 N–H and O–H groups in total. The highest BCUT2D eigenvalue weighted by atomic mass is 32.2. The van der Waals surface area contributed by atoms with Gasteiger partial charge in [-0.15, -0.1) is 0 Å². The van der Waals surface area contributed by atoms with E-state index in [-0.39, 0.29) is 17.2 Å². The maximum atomic E-state index is 12.4. The first-order chi connectivity index (χ1) is 13.1. The van der Waals surface area contributed by atoms with Crippen molar-refractivity contribution in [2.45, 2.75) is 45.4 Å². The molecule has 3 heterocycles. The number of amides is 2. The van der Waals surface area contributed by atoms with Gasteiger partial charge in [-0.2, -0.15) is 11.8 Å². The summed E-state index contributed by atoms with van der Waals surface area (Å²) in [5, 5.41) is 0. The van der Waals surface area contributed by atoms with E-state index in [1.807, 2.05) is 17.0 Å². The molecule has 2 saturated heterocycles. The predicted molar refractivity (Wildman–Crippen MR) is 110 cm³/mol. The average molecular weight is 390 g/mol. The molecule has 2 aliphatic rings. The molecule has 1 spiro atoms. The second-order valence-corrected chi connectivity index (χ2v) is 8.96. The molecule has 5 nitrogen and oxygen atoms in total. The monoisotopic (exact) mass is 389 g/mol. The van der Waals surface area contributed by atoms with Crippen LogP contribution in [0.5, 0.6) is 0 Å². The standard InChI is InChI=1S/C21H31N3O2S/c1-2-15-27-16-20(26)23-13-8-21(9-14-23)7-3-19(25)24(17-21)12-6-18-4-10-22-11-5-18/h4-5,10-11H,2-3,6-9,12-17H2,1H3. The Hall–Kier alpha value is -1.56. The third kappa shape index (κ3) is 5.47.